The van der Waals surface area contributed by atoms with Crippen molar-refractivity contribution in [2.45, 2.75) is 26.4 Å². The smallest absolute Gasteiger partial charge is 0.131 e. The van der Waals surface area contributed by atoms with Crippen molar-refractivity contribution in [1.29, 1.82) is 0 Å². The molecular weight excluding hydrogens is 214 g/mol. The number of likely N-dealkylation sites (N-methyl/N-ethyl adjacent to an activating group) is 1. The fourth-order valence-electron chi connectivity index (χ4n) is 1.86. The van der Waals surface area contributed by atoms with Gasteiger partial charge in [0, 0.05) is 26.9 Å². The van der Waals surface area contributed by atoms with Gasteiger partial charge in [0.1, 0.15) is 5.82 Å². The highest BCUT2D eigenvalue weighted by Gasteiger charge is 2.13. The number of aryl methyl sites for hydroxylation is 1. The number of pyridine rings is 1. The molecule has 0 aliphatic carbocycles. The first kappa shape index (κ1) is 13.9. The second-order valence-electron chi connectivity index (χ2n) is 4.43. The van der Waals surface area contributed by atoms with Crippen molar-refractivity contribution >= 4 is 5.82 Å². The summed E-state index contributed by atoms with van der Waals surface area (Å²) in [6.07, 6.45) is 1.93. The average Bonchev–Trinajstić information content (AvgIpc) is 2.29. The molecule has 0 fully saturated rings. The van der Waals surface area contributed by atoms with E-state index in [4.69, 9.17) is 4.74 Å². The van der Waals surface area contributed by atoms with Crippen molar-refractivity contribution in [2.24, 2.45) is 0 Å². The Kier molecular flexibility index (Phi) is 5.38. The van der Waals surface area contributed by atoms with Gasteiger partial charge in [-0.15, -0.1) is 0 Å². The lowest BCUT2D eigenvalue weighted by Gasteiger charge is -2.26. The van der Waals surface area contributed by atoms with Gasteiger partial charge in [-0.3, -0.25) is 0 Å². The van der Waals surface area contributed by atoms with Crippen molar-refractivity contribution in [1.82, 2.24) is 10.3 Å². The maximum atomic E-state index is 5.17. The lowest BCUT2D eigenvalue weighted by Crippen LogP contribution is -2.33. The van der Waals surface area contributed by atoms with E-state index in [1.54, 1.807) is 7.11 Å². The third-order valence-electron chi connectivity index (χ3n) is 2.89. The first-order chi connectivity index (χ1) is 8.10. The van der Waals surface area contributed by atoms with E-state index in [1.165, 1.54) is 11.1 Å². The molecule has 1 aromatic rings. The van der Waals surface area contributed by atoms with E-state index in [9.17, 15) is 0 Å². The minimum atomic E-state index is 0.321. The van der Waals surface area contributed by atoms with Gasteiger partial charge in [0.05, 0.1) is 12.6 Å². The van der Waals surface area contributed by atoms with E-state index in [0.717, 1.165) is 12.4 Å². The Morgan fingerprint density at radius 1 is 1.53 bits per heavy atom. The summed E-state index contributed by atoms with van der Waals surface area (Å²) in [4.78, 5) is 6.69. The monoisotopic (exact) mass is 237 g/mol. The molecule has 1 aromatic heterocycles. The van der Waals surface area contributed by atoms with E-state index in [0.29, 0.717) is 12.6 Å². The Morgan fingerprint density at radius 2 is 2.24 bits per heavy atom. The summed E-state index contributed by atoms with van der Waals surface area (Å²) in [6.45, 7) is 5.78. The zero-order valence-corrected chi connectivity index (χ0v) is 11.4. The molecule has 0 radical (unpaired) electrons. The maximum Gasteiger partial charge on any atom is 0.131 e. The van der Waals surface area contributed by atoms with Gasteiger partial charge in [-0.2, -0.15) is 0 Å². The minimum absolute atomic E-state index is 0.321. The number of methoxy groups -OCH3 is 1. The molecule has 1 atom stereocenters. The molecular formula is C13H23N3O. The SMILES string of the molecule is CNCc1cnc(N(C)C(C)COC)c(C)c1. The second kappa shape index (κ2) is 6.57. The van der Waals surface area contributed by atoms with E-state index in [-0.39, 0.29) is 0 Å². The molecule has 0 aliphatic rings. The number of aromatic nitrogens is 1. The molecule has 96 valence electrons. The normalized spacial score (nSPS) is 12.5. The Bertz CT molecular complexity index is 355. The zero-order chi connectivity index (χ0) is 12.8. The molecule has 4 nitrogen and oxygen atoms in total. The molecule has 0 saturated heterocycles. The van der Waals surface area contributed by atoms with Crippen LogP contribution in [0.4, 0.5) is 5.82 Å². The second-order valence-corrected chi connectivity index (χ2v) is 4.43. The summed E-state index contributed by atoms with van der Waals surface area (Å²) in [5.74, 6) is 1.02. The molecule has 0 amide bonds. The molecule has 1 rings (SSSR count). The first-order valence-electron chi connectivity index (χ1n) is 5.92. The highest BCUT2D eigenvalue weighted by molar-refractivity contribution is 5.47. The number of anilines is 1. The molecule has 4 heteroatoms. The molecule has 17 heavy (non-hydrogen) atoms. The Balaban J connectivity index is 2.83. The van der Waals surface area contributed by atoms with Crippen LogP contribution in [0.1, 0.15) is 18.1 Å². The van der Waals surface area contributed by atoms with E-state index >= 15 is 0 Å². The number of rotatable bonds is 6. The molecule has 0 aromatic carbocycles. The Hall–Kier alpha value is -1.13. The first-order valence-corrected chi connectivity index (χ1v) is 5.92. The quantitative estimate of drug-likeness (QED) is 0.815. The summed E-state index contributed by atoms with van der Waals surface area (Å²) in [5, 5.41) is 3.13. The predicted octanol–water partition coefficient (Wildman–Crippen LogP) is 1.58. The molecule has 0 aliphatic heterocycles. The number of ether oxygens (including phenoxy) is 1. The van der Waals surface area contributed by atoms with Crippen LogP contribution in [0.3, 0.4) is 0 Å². The summed E-state index contributed by atoms with van der Waals surface area (Å²) >= 11 is 0. The van der Waals surface area contributed by atoms with Gasteiger partial charge >= 0.3 is 0 Å². The number of hydrogen-bond acceptors (Lipinski definition) is 4. The van der Waals surface area contributed by atoms with E-state index in [1.807, 2.05) is 13.2 Å². The van der Waals surface area contributed by atoms with E-state index < -0.39 is 0 Å². The van der Waals surface area contributed by atoms with Gasteiger partial charge in [0.2, 0.25) is 0 Å². The molecule has 1 unspecified atom stereocenters. The minimum Gasteiger partial charge on any atom is -0.383 e. The summed E-state index contributed by atoms with van der Waals surface area (Å²) in [7, 11) is 5.72. The van der Waals surface area contributed by atoms with Gasteiger partial charge in [-0.1, -0.05) is 0 Å². The van der Waals surface area contributed by atoms with Crippen molar-refractivity contribution in [2.75, 3.05) is 32.7 Å². The van der Waals surface area contributed by atoms with Crippen LogP contribution in [-0.2, 0) is 11.3 Å². The van der Waals surface area contributed by atoms with Crippen LogP contribution in [0.2, 0.25) is 0 Å². The van der Waals surface area contributed by atoms with Crippen molar-refractivity contribution in [3.8, 4) is 0 Å². The molecule has 1 N–H and O–H groups in total. The van der Waals surface area contributed by atoms with Crippen molar-refractivity contribution in [3.63, 3.8) is 0 Å². The fraction of sp³-hybridized carbons (Fsp3) is 0.615. The molecule has 1 heterocycles. The van der Waals surface area contributed by atoms with Crippen LogP contribution in [0.25, 0.3) is 0 Å². The van der Waals surface area contributed by atoms with Crippen LogP contribution < -0.4 is 10.2 Å². The lowest BCUT2D eigenvalue weighted by atomic mass is 10.2. The maximum absolute atomic E-state index is 5.17. The predicted molar refractivity (Wildman–Crippen MR) is 71.5 cm³/mol. The third kappa shape index (κ3) is 3.68. The van der Waals surface area contributed by atoms with Crippen molar-refractivity contribution in [3.05, 3.63) is 23.4 Å². The third-order valence-corrected chi connectivity index (χ3v) is 2.89. The molecule has 0 bridgehead atoms. The Morgan fingerprint density at radius 3 is 2.76 bits per heavy atom. The average molecular weight is 237 g/mol. The topological polar surface area (TPSA) is 37.4 Å². The number of hydrogen-bond donors (Lipinski definition) is 1. The standard InChI is InChI=1S/C13H23N3O/c1-10-6-12(7-14-3)8-15-13(10)16(4)11(2)9-17-5/h6,8,11,14H,7,9H2,1-5H3. The van der Waals surface area contributed by atoms with Crippen LogP contribution >= 0.6 is 0 Å². The number of nitrogens with one attached hydrogen (secondary N) is 1. The Labute approximate surface area is 104 Å². The fourth-order valence-corrected chi connectivity index (χ4v) is 1.86. The summed E-state index contributed by atoms with van der Waals surface area (Å²) in [6, 6.07) is 2.50. The molecule has 0 saturated carbocycles. The van der Waals surface area contributed by atoms with Crippen LogP contribution in [0.5, 0.6) is 0 Å². The van der Waals surface area contributed by atoms with Gasteiger partial charge in [0.15, 0.2) is 0 Å². The van der Waals surface area contributed by atoms with Crippen molar-refractivity contribution < 1.29 is 4.74 Å². The van der Waals surface area contributed by atoms with Gasteiger partial charge in [-0.25, -0.2) is 4.98 Å². The lowest BCUT2D eigenvalue weighted by molar-refractivity contribution is 0.183. The van der Waals surface area contributed by atoms with Crippen LogP contribution in [-0.4, -0.2) is 38.8 Å². The summed E-state index contributed by atoms with van der Waals surface area (Å²) in [5.41, 5.74) is 2.41. The zero-order valence-electron chi connectivity index (χ0n) is 11.4. The largest absolute Gasteiger partial charge is 0.383 e. The summed E-state index contributed by atoms with van der Waals surface area (Å²) < 4.78 is 5.17. The van der Waals surface area contributed by atoms with Crippen LogP contribution in [0, 0.1) is 6.92 Å². The number of nitrogens with zero attached hydrogens (tertiary/aromatic N) is 2. The van der Waals surface area contributed by atoms with Gasteiger partial charge in [0.25, 0.3) is 0 Å². The van der Waals surface area contributed by atoms with Gasteiger partial charge in [-0.05, 0) is 38.1 Å². The highest BCUT2D eigenvalue weighted by Crippen LogP contribution is 2.18. The van der Waals surface area contributed by atoms with Crippen LogP contribution in [0.15, 0.2) is 12.3 Å². The molecule has 0 spiro atoms. The van der Waals surface area contributed by atoms with Gasteiger partial charge < -0.3 is 15.0 Å². The van der Waals surface area contributed by atoms with E-state index in [2.05, 4.69) is 42.2 Å². The highest BCUT2D eigenvalue weighted by atomic mass is 16.5.